The van der Waals surface area contributed by atoms with Crippen LogP contribution >= 0.6 is 0 Å². The summed E-state index contributed by atoms with van der Waals surface area (Å²) in [6, 6.07) is 9.66. The molecule has 0 saturated carbocycles. The van der Waals surface area contributed by atoms with Gasteiger partial charge in [-0.15, -0.1) is 0 Å². The minimum atomic E-state index is -1.01. The van der Waals surface area contributed by atoms with Crippen LogP contribution in [-0.4, -0.2) is 53.4 Å². The van der Waals surface area contributed by atoms with Gasteiger partial charge in [-0.3, -0.25) is 14.3 Å². The zero-order valence-electron chi connectivity index (χ0n) is 17.6. The van der Waals surface area contributed by atoms with Crippen LogP contribution in [-0.2, 0) is 27.8 Å². The van der Waals surface area contributed by atoms with Crippen LogP contribution in [0.4, 0.5) is 5.82 Å². The fourth-order valence-corrected chi connectivity index (χ4v) is 4.05. The maximum atomic E-state index is 12.9. The number of aromatic nitrogens is 2. The fourth-order valence-electron chi connectivity index (χ4n) is 4.05. The summed E-state index contributed by atoms with van der Waals surface area (Å²) in [5, 5.41) is 10.3. The van der Waals surface area contributed by atoms with Crippen molar-refractivity contribution in [2.75, 3.05) is 31.2 Å². The molecule has 2 aliphatic heterocycles. The Kier molecular flexibility index (Phi) is 5.34. The molecule has 0 aliphatic carbocycles. The van der Waals surface area contributed by atoms with Crippen LogP contribution in [0.5, 0.6) is 0 Å². The summed E-state index contributed by atoms with van der Waals surface area (Å²) in [5.74, 6) is 0.388. The third kappa shape index (κ3) is 3.82. The van der Waals surface area contributed by atoms with Crippen molar-refractivity contribution in [1.29, 1.82) is 0 Å². The molecule has 2 fully saturated rings. The molecule has 3 heterocycles. The largest absolute Gasteiger partial charge is 0.378 e. The third-order valence-corrected chi connectivity index (χ3v) is 5.62. The first-order valence-corrected chi connectivity index (χ1v) is 10.1. The first-order valence-electron chi connectivity index (χ1n) is 10.1. The van der Waals surface area contributed by atoms with Crippen LogP contribution in [0, 0.1) is 6.92 Å². The number of aryl methyl sites for hydroxylation is 2. The molecule has 8 nitrogen and oxygen atoms in total. The SMILES string of the molecule is Cc1nn(C)c(N2CCOCC2)c1/C=C1\NC(=O)C(C)(Cc2ccccc2)NC1=O. The van der Waals surface area contributed by atoms with E-state index in [4.69, 9.17) is 4.74 Å². The van der Waals surface area contributed by atoms with E-state index >= 15 is 0 Å². The lowest BCUT2D eigenvalue weighted by molar-refractivity contribution is -0.135. The molecule has 1 unspecified atom stereocenters. The molecule has 4 rings (SSSR count). The number of amides is 2. The van der Waals surface area contributed by atoms with Gasteiger partial charge in [0.1, 0.15) is 17.1 Å². The van der Waals surface area contributed by atoms with Gasteiger partial charge >= 0.3 is 0 Å². The first-order chi connectivity index (χ1) is 14.4. The summed E-state index contributed by atoms with van der Waals surface area (Å²) < 4.78 is 7.27. The van der Waals surface area contributed by atoms with Crippen molar-refractivity contribution in [2.45, 2.75) is 25.8 Å². The predicted molar refractivity (Wildman–Crippen MR) is 114 cm³/mol. The average molecular weight is 409 g/mol. The molecular weight excluding hydrogens is 382 g/mol. The number of benzene rings is 1. The number of morpholine rings is 1. The molecule has 0 bridgehead atoms. The van der Waals surface area contributed by atoms with E-state index in [1.165, 1.54) is 0 Å². The van der Waals surface area contributed by atoms with Crippen LogP contribution in [0.25, 0.3) is 6.08 Å². The van der Waals surface area contributed by atoms with E-state index in [1.807, 2.05) is 49.0 Å². The molecule has 2 aromatic rings. The molecule has 2 amide bonds. The monoisotopic (exact) mass is 409 g/mol. The summed E-state index contributed by atoms with van der Waals surface area (Å²) in [6.07, 6.45) is 2.14. The highest BCUT2D eigenvalue weighted by atomic mass is 16.5. The lowest BCUT2D eigenvalue weighted by Crippen LogP contribution is -2.64. The van der Waals surface area contributed by atoms with Crippen molar-refractivity contribution in [2.24, 2.45) is 7.05 Å². The number of piperazine rings is 1. The number of hydrogen-bond donors (Lipinski definition) is 2. The Morgan fingerprint density at radius 1 is 1.20 bits per heavy atom. The van der Waals surface area contributed by atoms with Crippen molar-refractivity contribution in [1.82, 2.24) is 20.4 Å². The molecule has 0 spiro atoms. The van der Waals surface area contributed by atoms with Gasteiger partial charge in [-0.1, -0.05) is 30.3 Å². The summed E-state index contributed by atoms with van der Waals surface area (Å²) in [7, 11) is 1.89. The molecule has 1 atom stereocenters. The Labute approximate surface area is 175 Å². The zero-order chi connectivity index (χ0) is 21.3. The number of carbonyl (C=O) groups is 2. The minimum Gasteiger partial charge on any atom is -0.378 e. The van der Waals surface area contributed by atoms with Gasteiger partial charge in [-0.05, 0) is 25.5 Å². The first kappa shape index (κ1) is 20.2. The van der Waals surface area contributed by atoms with Crippen LogP contribution in [0.2, 0.25) is 0 Å². The molecule has 8 heteroatoms. The normalized spacial score (nSPS) is 23.4. The van der Waals surface area contributed by atoms with Crippen molar-refractivity contribution in [3.8, 4) is 0 Å². The number of nitrogens with zero attached hydrogens (tertiary/aromatic N) is 3. The van der Waals surface area contributed by atoms with E-state index < -0.39 is 5.54 Å². The second-order valence-corrected chi connectivity index (χ2v) is 8.01. The highest BCUT2D eigenvalue weighted by Gasteiger charge is 2.41. The van der Waals surface area contributed by atoms with E-state index in [0.717, 1.165) is 35.7 Å². The summed E-state index contributed by atoms with van der Waals surface area (Å²) in [5.41, 5.74) is 1.84. The van der Waals surface area contributed by atoms with Crippen molar-refractivity contribution < 1.29 is 14.3 Å². The number of anilines is 1. The van der Waals surface area contributed by atoms with E-state index in [9.17, 15) is 9.59 Å². The molecule has 30 heavy (non-hydrogen) atoms. The lowest BCUT2D eigenvalue weighted by Gasteiger charge is -2.35. The number of nitrogens with one attached hydrogen (secondary N) is 2. The maximum Gasteiger partial charge on any atom is 0.268 e. The van der Waals surface area contributed by atoms with E-state index in [-0.39, 0.29) is 17.5 Å². The maximum absolute atomic E-state index is 12.9. The van der Waals surface area contributed by atoms with Crippen LogP contribution in [0.3, 0.4) is 0 Å². The van der Waals surface area contributed by atoms with Gasteiger partial charge in [0.05, 0.1) is 18.9 Å². The minimum absolute atomic E-state index is 0.230. The van der Waals surface area contributed by atoms with E-state index in [0.29, 0.717) is 19.6 Å². The Hall–Kier alpha value is -3.13. The van der Waals surface area contributed by atoms with Gasteiger partial charge < -0.3 is 20.3 Å². The standard InChI is InChI=1S/C22H27N5O3/c1-15-17(20(26(3)25-15)27-9-11-30-12-10-27)13-18-19(28)24-22(2,21(29)23-18)14-16-7-5-4-6-8-16/h4-8,13H,9-12,14H2,1-3H3,(H,23,29)(H,24,28)/b18-13-. The number of hydrogen-bond acceptors (Lipinski definition) is 5. The molecule has 2 aliphatic rings. The molecule has 1 aromatic heterocycles. The number of ether oxygens (including phenoxy) is 1. The van der Waals surface area contributed by atoms with Gasteiger partial charge in [-0.25, -0.2) is 0 Å². The Morgan fingerprint density at radius 3 is 2.60 bits per heavy atom. The smallest absolute Gasteiger partial charge is 0.268 e. The van der Waals surface area contributed by atoms with Crippen molar-refractivity contribution in [3.05, 3.63) is 52.8 Å². The van der Waals surface area contributed by atoms with Gasteiger partial charge in [0.15, 0.2) is 0 Å². The third-order valence-electron chi connectivity index (χ3n) is 5.62. The van der Waals surface area contributed by atoms with Crippen LogP contribution in [0.1, 0.15) is 23.7 Å². The fraction of sp³-hybridized carbons (Fsp3) is 0.409. The Morgan fingerprint density at radius 2 is 1.90 bits per heavy atom. The summed E-state index contributed by atoms with van der Waals surface area (Å²) in [4.78, 5) is 28.0. The molecule has 1 aromatic carbocycles. The topological polar surface area (TPSA) is 88.5 Å². The Balaban J connectivity index is 1.60. The molecule has 0 radical (unpaired) electrons. The quantitative estimate of drug-likeness (QED) is 0.740. The highest BCUT2D eigenvalue weighted by molar-refractivity contribution is 6.09. The Bertz CT molecular complexity index is 992. The van der Waals surface area contributed by atoms with Crippen molar-refractivity contribution in [3.63, 3.8) is 0 Å². The lowest BCUT2D eigenvalue weighted by atomic mass is 9.89. The molecular formula is C22H27N5O3. The second kappa shape index (κ2) is 7.95. The predicted octanol–water partition coefficient (Wildman–Crippen LogP) is 1.15. The number of rotatable bonds is 4. The van der Waals surface area contributed by atoms with Gasteiger partial charge in [0.2, 0.25) is 5.91 Å². The highest BCUT2D eigenvalue weighted by Crippen LogP contribution is 2.27. The van der Waals surface area contributed by atoms with Gasteiger partial charge in [-0.2, -0.15) is 5.10 Å². The average Bonchev–Trinajstić information content (AvgIpc) is 3.00. The van der Waals surface area contributed by atoms with Gasteiger partial charge in [0, 0.05) is 32.1 Å². The van der Waals surface area contributed by atoms with E-state index in [1.54, 1.807) is 13.0 Å². The number of carbonyl (C=O) groups excluding carboxylic acids is 2. The summed E-state index contributed by atoms with van der Waals surface area (Å²) >= 11 is 0. The van der Waals surface area contributed by atoms with Crippen LogP contribution in [0.15, 0.2) is 36.0 Å². The van der Waals surface area contributed by atoms with Gasteiger partial charge in [0.25, 0.3) is 5.91 Å². The van der Waals surface area contributed by atoms with E-state index in [2.05, 4.69) is 20.6 Å². The molecule has 2 saturated heterocycles. The van der Waals surface area contributed by atoms with Crippen LogP contribution < -0.4 is 15.5 Å². The molecule has 158 valence electrons. The second-order valence-electron chi connectivity index (χ2n) is 8.01. The van der Waals surface area contributed by atoms with Crippen molar-refractivity contribution >= 4 is 23.7 Å². The molecule has 2 N–H and O–H groups in total. The zero-order valence-corrected chi connectivity index (χ0v) is 17.6. The summed E-state index contributed by atoms with van der Waals surface area (Å²) in [6.45, 7) is 6.45.